The summed E-state index contributed by atoms with van der Waals surface area (Å²) in [6.45, 7) is 3.82. The summed E-state index contributed by atoms with van der Waals surface area (Å²) in [5, 5.41) is 0. The van der Waals surface area contributed by atoms with Gasteiger partial charge in [0.05, 0.1) is 12.6 Å². The van der Waals surface area contributed by atoms with E-state index >= 15 is 0 Å². The van der Waals surface area contributed by atoms with Gasteiger partial charge in [0.2, 0.25) is 0 Å². The fourth-order valence-electron chi connectivity index (χ4n) is 5.27. The van der Waals surface area contributed by atoms with Crippen LogP contribution in [0.2, 0.25) is 0 Å². The first kappa shape index (κ1) is 20.4. The van der Waals surface area contributed by atoms with E-state index in [4.69, 9.17) is 4.74 Å². The molecule has 2 bridgehead atoms. The molecule has 4 heterocycles. The van der Waals surface area contributed by atoms with Crippen molar-refractivity contribution in [2.24, 2.45) is 5.41 Å². The number of amides is 1. The van der Waals surface area contributed by atoms with E-state index in [9.17, 15) is 18.0 Å². The molecule has 0 radical (unpaired) electrons. The Kier molecular flexibility index (Phi) is 5.16. The van der Waals surface area contributed by atoms with Crippen molar-refractivity contribution >= 4 is 6.09 Å². The summed E-state index contributed by atoms with van der Waals surface area (Å²) in [6, 6.07) is 8.72. The van der Waals surface area contributed by atoms with Crippen molar-refractivity contribution in [2.45, 2.75) is 31.7 Å². The molecule has 4 aliphatic heterocycles. The van der Waals surface area contributed by atoms with Crippen molar-refractivity contribution in [1.29, 1.82) is 0 Å². The second-order valence-corrected chi connectivity index (χ2v) is 8.99. The monoisotopic (exact) mass is 430 g/mol. The number of carbonyl (C=O) groups excluding carboxylic acids is 1. The maximum absolute atomic E-state index is 14.0. The number of hydrogen-bond acceptors (Lipinski definition) is 3. The number of ether oxygens (including phenoxy) is 1. The van der Waals surface area contributed by atoms with Gasteiger partial charge < -0.3 is 9.64 Å². The quantitative estimate of drug-likeness (QED) is 0.664. The topological polar surface area (TPSA) is 32.8 Å². The molecule has 3 saturated heterocycles. The van der Waals surface area contributed by atoms with Gasteiger partial charge in [0.15, 0.2) is 17.5 Å². The molecule has 164 valence electrons. The Morgan fingerprint density at radius 2 is 1.65 bits per heavy atom. The average Bonchev–Trinajstić information content (AvgIpc) is 2.81. The van der Waals surface area contributed by atoms with Crippen molar-refractivity contribution in [3.05, 3.63) is 70.5 Å². The zero-order valence-electron chi connectivity index (χ0n) is 17.3. The molecule has 2 aromatic carbocycles. The average molecular weight is 430 g/mol. The highest BCUT2D eigenvalue weighted by molar-refractivity contribution is 5.70. The third-order valence-corrected chi connectivity index (χ3v) is 7.22. The zero-order valence-corrected chi connectivity index (χ0v) is 17.3. The minimum atomic E-state index is -1.51. The molecular weight excluding hydrogens is 405 g/mol. The molecule has 6 rings (SSSR count). The van der Waals surface area contributed by atoms with Crippen LogP contribution in [0.25, 0.3) is 0 Å². The van der Waals surface area contributed by atoms with E-state index in [1.807, 2.05) is 24.3 Å². The van der Waals surface area contributed by atoms with E-state index in [0.29, 0.717) is 19.6 Å². The van der Waals surface area contributed by atoms with Crippen LogP contribution in [0.15, 0.2) is 36.4 Å². The fourth-order valence-corrected chi connectivity index (χ4v) is 5.27. The van der Waals surface area contributed by atoms with Crippen LogP contribution >= 0.6 is 0 Å². The lowest BCUT2D eigenvalue weighted by atomic mass is 9.73. The van der Waals surface area contributed by atoms with Crippen LogP contribution < -0.4 is 0 Å². The molecule has 1 atom stereocenters. The van der Waals surface area contributed by atoms with Crippen LogP contribution in [0.1, 0.15) is 42.0 Å². The Labute approximate surface area is 179 Å². The highest BCUT2D eigenvalue weighted by Crippen LogP contribution is 2.41. The maximum atomic E-state index is 14.0. The third-order valence-electron chi connectivity index (χ3n) is 7.22. The molecule has 31 heavy (non-hydrogen) atoms. The van der Waals surface area contributed by atoms with Gasteiger partial charge in [0.1, 0.15) is 0 Å². The van der Waals surface area contributed by atoms with Gasteiger partial charge in [-0.3, -0.25) is 4.90 Å². The molecule has 4 nitrogen and oxygen atoms in total. The Hall–Kier alpha value is -2.54. The number of nitrogens with zero attached hydrogens (tertiary/aromatic N) is 2. The molecule has 3 fully saturated rings. The van der Waals surface area contributed by atoms with Gasteiger partial charge >= 0.3 is 6.09 Å². The minimum Gasteiger partial charge on any atom is -0.449 e. The number of rotatable bonds is 3. The van der Waals surface area contributed by atoms with E-state index in [2.05, 4.69) is 4.90 Å². The smallest absolute Gasteiger partial charge is 0.410 e. The Morgan fingerprint density at radius 3 is 2.32 bits per heavy atom. The molecule has 0 aliphatic carbocycles. The molecule has 4 aliphatic rings. The van der Waals surface area contributed by atoms with Crippen molar-refractivity contribution in [2.75, 3.05) is 32.8 Å². The predicted molar refractivity (Wildman–Crippen MR) is 109 cm³/mol. The van der Waals surface area contributed by atoms with E-state index in [0.717, 1.165) is 62.2 Å². The molecular formula is C24H25F3N2O2. The Morgan fingerprint density at radius 1 is 1.00 bits per heavy atom. The highest BCUT2D eigenvalue weighted by Gasteiger charge is 2.41. The highest BCUT2D eigenvalue weighted by atomic mass is 19.2. The van der Waals surface area contributed by atoms with Crippen LogP contribution in [0, 0.1) is 22.9 Å². The third kappa shape index (κ3) is 3.69. The van der Waals surface area contributed by atoms with Gasteiger partial charge in [0.25, 0.3) is 0 Å². The largest absolute Gasteiger partial charge is 0.449 e. The van der Waals surface area contributed by atoms with Crippen molar-refractivity contribution in [3.63, 3.8) is 0 Å². The minimum absolute atomic E-state index is 0.0295. The number of hydrogen-bond donors (Lipinski definition) is 0. The summed E-state index contributed by atoms with van der Waals surface area (Å²) >= 11 is 0. The first-order chi connectivity index (χ1) is 15.0. The van der Waals surface area contributed by atoms with Gasteiger partial charge in [-0.1, -0.05) is 24.3 Å². The molecule has 2 aromatic rings. The molecule has 0 aromatic heterocycles. The van der Waals surface area contributed by atoms with Gasteiger partial charge in [0, 0.05) is 12.0 Å². The van der Waals surface area contributed by atoms with Crippen LogP contribution in [-0.2, 0) is 11.2 Å². The summed E-state index contributed by atoms with van der Waals surface area (Å²) in [6.07, 6.45) is 3.17. The van der Waals surface area contributed by atoms with Crippen molar-refractivity contribution in [1.82, 2.24) is 9.80 Å². The SMILES string of the molecule is O=C(OCC12CCN(CC1)CC2)N1CCc2ccccc2[C@@H]1c1cc(F)c(F)c(F)c1. The lowest BCUT2D eigenvalue weighted by molar-refractivity contribution is -0.0300. The lowest BCUT2D eigenvalue weighted by Gasteiger charge is -2.48. The number of piperidine rings is 3. The zero-order chi connectivity index (χ0) is 21.6. The molecule has 0 saturated carbocycles. The number of fused-ring (bicyclic) bond motifs is 4. The van der Waals surface area contributed by atoms with Gasteiger partial charge in [-0.25, -0.2) is 18.0 Å². The maximum Gasteiger partial charge on any atom is 0.410 e. The summed E-state index contributed by atoms with van der Waals surface area (Å²) in [4.78, 5) is 17.1. The number of carbonyl (C=O) groups is 1. The van der Waals surface area contributed by atoms with Crippen molar-refractivity contribution < 1.29 is 22.7 Å². The van der Waals surface area contributed by atoms with E-state index in [1.54, 1.807) is 0 Å². The first-order valence-corrected chi connectivity index (χ1v) is 10.8. The van der Waals surface area contributed by atoms with Crippen LogP contribution in [0.4, 0.5) is 18.0 Å². The molecule has 1 amide bonds. The summed E-state index contributed by atoms with van der Waals surface area (Å²) in [7, 11) is 0. The fraction of sp³-hybridized carbons (Fsp3) is 0.458. The van der Waals surface area contributed by atoms with Gasteiger partial charge in [-0.05, 0) is 74.1 Å². The van der Waals surface area contributed by atoms with Gasteiger partial charge in [-0.2, -0.15) is 0 Å². The van der Waals surface area contributed by atoms with Crippen LogP contribution in [0.3, 0.4) is 0 Å². The number of halogens is 3. The lowest BCUT2D eigenvalue weighted by Crippen LogP contribution is -2.51. The Bertz CT molecular complexity index is 967. The molecule has 0 N–H and O–H groups in total. The van der Waals surface area contributed by atoms with Crippen LogP contribution in [0.5, 0.6) is 0 Å². The van der Waals surface area contributed by atoms with E-state index < -0.39 is 29.6 Å². The van der Waals surface area contributed by atoms with E-state index in [1.165, 1.54) is 4.90 Å². The van der Waals surface area contributed by atoms with E-state index in [-0.39, 0.29) is 11.0 Å². The molecule has 0 unspecified atom stereocenters. The van der Waals surface area contributed by atoms with Crippen LogP contribution in [-0.4, -0.2) is 48.7 Å². The Balaban J connectivity index is 1.43. The second-order valence-electron chi connectivity index (χ2n) is 8.99. The van der Waals surface area contributed by atoms with Crippen molar-refractivity contribution in [3.8, 4) is 0 Å². The standard InChI is InChI=1S/C24H25F3N2O2/c25-19-13-17(14-20(26)21(19)27)22-18-4-2-1-3-16(18)5-9-29(22)23(30)31-15-24-6-10-28(11-7-24)12-8-24/h1-4,13-14,22H,5-12,15H2/t22-/m0/s1. The molecule has 0 spiro atoms. The normalized spacial score (nSPS) is 27.1. The second kappa shape index (κ2) is 7.86. The molecule has 7 heteroatoms. The van der Waals surface area contributed by atoms with Gasteiger partial charge in [-0.15, -0.1) is 0 Å². The first-order valence-electron chi connectivity index (χ1n) is 10.8. The summed E-state index contributed by atoms with van der Waals surface area (Å²) in [5.41, 5.74) is 2.01. The predicted octanol–water partition coefficient (Wildman–Crippen LogP) is 4.67. The summed E-state index contributed by atoms with van der Waals surface area (Å²) < 4.78 is 47.5. The summed E-state index contributed by atoms with van der Waals surface area (Å²) in [5.74, 6) is -4.04. The number of benzene rings is 2.